The molecule has 1 aliphatic rings. The molecule has 1 heterocycles. The minimum Gasteiger partial charge on any atom is -0.366 e. The van der Waals surface area contributed by atoms with Crippen LogP contribution in [0.3, 0.4) is 0 Å². The van der Waals surface area contributed by atoms with Crippen LogP contribution < -0.4 is 11.5 Å². The molecule has 0 saturated carbocycles. The average Bonchev–Trinajstić information content (AvgIpc) is 2.47. The molecule has 3 amide bonds. The molecule has 0 aromatic carbocycles. The Morgan fingerprint density at radius 1 is 1.33 bits per heavy atom. The van der Waals surface area contributed by atoms with Gasteiger partial charge in [0, 0.05) is 13.0 Å². The first-order valence-electron chi connectivity index (χ1n) is 4.09. The lowest BCUT2D eigenvalue weighted by Gasteiger charge is -2.28. The van der Waals surface area contributed by atoms with E-state index in [4.69, 9.17) is 11.5 Å². The van der Waals surface area contributed by atoms with Crippen LogP contribution in [0.25, 0.3) is 0 Å². The number of nitrogens with two attached hydrogens (primary N) is 2. The van der Waals surface area contributed by atoms with Gasteiger partial charge in [-0.25, -0.2) is 4.79 Å². The van der Waals surface area contributed by atoms with Crippen molar-refractivity contribution in [2.75, 3.05) is 6.54 Å². The predicted molar refractivity (Wildman–Crippen MR) is 48.8 cm³/mol. The summed E-state index contributed by atoms with van der Waals surface area (Å²) in [7, 11) is -2.83. The van der Waals surface area contributed by atoms with Crippen LogP contribution in [-0.2, 0) is 15.3 Å². The third kappa shape index (κ3) is 1.91. The number of nitrogens with zero attached hydrogens (tertiary/aromatic N) is 2. The number of likely N-dealkylation sites (tertiary alicyclic amines) is 1. The van der Waals surface area contributed by atoms with Gasteiger partial charge in [-0.3, -0.25) is 9.69 Å². The highest BCUT2D eigenvalue weighted by molar-refractivity contribution is 7.61. The van der Waals surface area contributed by atoms with Crippen molar-refractivity contribution in [3.63, 3.8) is 0 Å². The smallest absolute Gasteiger partial charge is 0.317 e. The second-order valence-corrected chi connectivity index (χ2v) is 3.70. The van der Waals surface area contributed by atoms with Gasteiger partial charge in [0.25, 0.3) is 5.91 Å². The third-order valence-electron chi connectivity index (χ3n) is 2.24. The first kappa shape index (κ1) is 11.4. The molecule has 1 fully saturated rings. The minimum absolute atomic E-state index is 0.0687. The fraction of sp³-hybridized carbons (Fsp3) is 0.667. The molecule has 0 radical (unpaired) electrons. The highest BCUT2D eigenvalue weighted by atomic mass is 32.2. The summed E-state index contributed by atoms with van der Waals surface area (Å²) in [5.41, 5.74) is 8.22. The molecule has 0 aromatic heterocycles. The van der Waals surface area contributed by atoms with E-state index in [0.717, 1.165) is 4.90 Å². The van der Waals surface area contributed by atoms with Crippen molar-refractivity contribution in [2.45, 2.75) is 18.5 Å². The number of amides is 3. The highest BCUT2D eigenvalue weighted by Gasteiger charge is 2.49. The van der Waals surface area contributed by atoms with Gasteiger partial charge in [0.2, 0.25) is 5.66 Å². The van der Waals surface area contributed by atoms with Crippen LogP contribution in [0.5, 0.6) is 0 Å². The number of carbonyl (C=O) groups excluding carboxylic acids is 2. The van der Waals surface area contributed by atoms with Gasteiger partial charge in [-0.2, -0.15) is 8.42 Å². The second-order valence-electron chi connectivity index (χ2n) is 3.08. The number of urea groups is 1. The Bertz CT molecular complexity index is 422. The predicted octanol–water partition coefficient (Wildman–Crippen LogP) is -1.59. The van der Waals surface area contributed by atoms with E-state index in [-0.39, 0.29) is 13.0 Å². The summed E-state index contributed by atoms with van der Waals surface area (Å²) >= 11 is 0. The molecule has 0 bridgehead atoms. The maximum absolute atomic E-state index is 11.2. The molecular weight excluding hydrogens is 224 g/mol. The zero-order valence-corrected chi connectivity index (χ0v) is 8.53. The number of rotatable bonds is 2. The molecule has 1 unspecified atom stereocenters. The molecule has 1 aliphatic heterocycles. The Balaban J connectivity index is 3.27. The van der Waals surface area contributed by atoms with Gasteiger partial charge in [0.15, 0.2) is 0 Å². The summed E-state index contributed by atoms with van der Waals surface area (Å²) in [6, 6.07) is -0.916. The van der Waals surface area contributed by atoms with Crippen LogP contribution in [0.2, 0.25) is 0 Å². The largest absolute Gasteiger partial charge is 0.366 e. The number of hydrogen-bond acceptors (Lipinski definition) is 5. The van der Waals surface area contributed by atoms with Gasteiger partial charge in [0.05, 0.1) is 0 Å². The monoisotopic (exact) mass is 234 g/mol. The number of carbonyl (C=O) groups is 2. The molecule has 9 heteroatoms. The fourth-order valence-electron chi connectivity index (χ4n) is 1.62. The van der Waals surface area contributed by atoms with Crippen molar-refractivity contribution >= 4 is 22.4 Å². The zero-order valence-electron chi connectivity index (χ0n) is 7.71. The zero-order chi connectivity index (χ0) is 11.6. The van der Waals surface area contributed by atoms with Gasteiger partial charge < -0.3 is 11.5 Å². The fourth-order valence-corrected chi connectivity index (χ4v) is 2.14. The summed E-state index contributed by atoms with van der Waals surface area (Å²) in [6.07, 6.45) is 0.492. The van der Waals surface area contributed by atoms with E-state index in [0.29, 0.717) is 6.42 Å². The van der Waals surface area contributed by atoms with Crippen LogP contribution in [0, 0.1) is 0 Å². The first-order chi connectivity index (χ1) is 6.90. The molecule has 1 saturated heterocycles. The lowest BCUT2D eigenvalue weighted by molar-refractivity contribution is -0.126. The van der Waals surface area contributed by atoms with E-state index in [1.54, 1.807) is 0 Å². The number of primary amides is 2. The Hall–Kier alpha value is -1.64. The van der Waals surface area contributed by atoms with Gasteiger partial charge in [-0.15, -0.1) is 4.36 Å². The van der Waals surface area contributed by atoms with E-state index in [2.05, 4.69) is 4.36 Å². The van der Waals surface area contributed by atoms with Crippen molar-refractivity contribution < 1.29 is 18.0 Å². The molecule has 15 heavy (non-hydrogen) atoms. The summed E-state index contributed by atoms with van der Waals surface area (Å²) in [5, 5.41) is 0. The van der Waals surface area contributed by atoms with Crippen LogP contribution >= 0.6 is 0 Å². The summed E-state index contributed by atoms with van der Waals surface area (Å²) in [4.78, 5) is 23.0. The summed E-state index contributed by atoms with van der Waals surface area (Å²) < 4.78 is 24.1. The summed E-state index contributed by atoms with van der Waals surface area (Å²) in [5.74, 6) is -0.997. The molecule has 0 spiro atoms. The van der Waals surface area contributed by atoms with Gasteiger partial charge >= 0.3 is 16.5 Å². The SMILES string of the molecule is NC(=O)N1CCCC1(N=S(=O)=O)C(N)=O. The van der Waals surface area contributed by atoms with Gasteiger partial charge in [-0.05, 0) is 6.42 Å². The molecule has 84 valence electrons. The van der Waals surface area contributed by atoms with Gasteiger partial charge in [0.1, 0.15) is 0 Å². The Labute approximate surface area is 86.9 Å². The Kier molecular flexibility index (Phi) is 2.93. The van der Waals surface area contributed by atoms with Crippen LogP contribution in [-0.4, -0.2) is 37.5 Å². The lowest BCUT2D eigenvalue weighted by atomic mass is 10.1. The van der Waals surface area contributed by atoms with Crippen molar-refractivity contribution in [1.29, 1.82) is 0 Å². The van der Waals surface area contributed by atoms with E-state index in [9.17, 15) is 18.0 Å². The van der Waals surface area contributed by atoms with Crippen molar-refractivity contribution in [1.82, 2.24) is 4.90 Å². The van der Waals surface area contributed by atoms with E-state index in [1.165, 1.54) is 0 Å². The third-order valence-corrected chi connectivity index (χ3v) is 2.69. The Morgan fingerprint density at radius 3 is 2.33 bits per heavy atom. The lowest BCUT2D eigenvalue weighted by Crippen LogP contribution is -2.56. The molecular formula is C6H10N4O4S. The molecule has 0 aromatic rings. The second kappa shape index (κ2) is 3.85. The van der Waals surface area contributed by atoms with Crippen LogP contribution in [0.4, 0.5) is 4.79 Å². The van der Waals surface area contributed by atoms with Crippen LogP contribution in [0.1, 0.15) is 12.8 Å². The molecule has 8 nitrogen and oxygen atoms in total. The van der Waals surface area contributed by atoms with Crippen molar-refractivity contribution in [3.8, 4) is 0 Å². The number of hydrogen-bond donors (Lipinski definition) is 2. The minimum atomic E-state index is -2.83. The van der Waals surface area contributed by atoms with Gasteiger partial charge in [-0.1, -0.05) is 0 Å². The molecule has 0 aliphatic carbocycles. The highest BCUT2D eigenvalue weighted by Crippen LogP contribution is 2.30. The maximum atomic E-state index is 11.2. The van der Waals surface area contributed by atoms with Crippen molar-refractivity contribution in [2.24, 2.45) is 15.8 Å². The topological polar surface area (TPSA) is 136 Å². The molecule has 1 atom stereocenters. The van der Waals surface area contributed by atoms with E-state index >= 15 is 0 Å². The molecule has 1 rings (SSSR count). The van der Waals surface area contributed by atoms with E-state index in [1.807, 2.05) is 0 Å². The standard InChI is InChI=1S/C6H10N4O4S/c7-4(11)6(9-15(13)14)2-1-3-10(6)5(8)12/h1-3H2,(H2,7,11)(H2,8,12). The quantitative estimate of drug-likeness (QED) is 0.594. The Morgan fingerprint density at radius 2 is 1.93 bits per heavy atom. The normalized spacial score (nSPS) is 24.9. The van der Waals surface area contributed by atoms with Crippen molar-refractivity contribution in [3.05, 3.63) is 0 Å². The average molecular weight is 234 g/mol. The summed E-state index contributed by atoms with van der Waals surface area (Å²) in [6.45, 7) is 0.166. The first-order valence-corrected chi connectivity index (χ1v) is 5.12. The maximum Gasteiger partial charge on any atom is 0.317 e. The van der Waals surface area contributed by atoms with Crippen LogP contribution in [0.15, 0.2) is 4.36 Å². The molecule has 4 N–H and O–H groups in total. The van der Waals surface area contributed by atoms with E-state index < -0.39 is 28.1 Å².